The molecule has 0 aliphatic carbocycles. The Kier molecular flexibility index (Phi) is 4.91. The molecule has 0 unspecified atom stereocenters. The third-order valence-corrected chi connectivity index (χ3v) is 4.75. The predicted octanol–water partition coefficient (Wildman–Crippen LogP) is 4.16. The summed E-state index contributed by atoms with van der Waals surface area (Å²) >= 11 is 2.69. The molecule has 1 amide bonds. The van der Waals surface area contributed by atoms with Crippen molar-refractivity contribution < 1.29 is 4.79 Å². The summed E-state index contributed by atoms with van der Waals surface area (Å²) in [6.45, 7) is 0. The molecule has 0 saturated carbocycles. The summed E-state index contributed by atoms with van der Waals surface area (Å²) in [5.41, 5.74) is 1.88. The fourth-order valence-electron chi connectivity index (χ4n) is 2.16. The van der Waals surface area contributed by atoms with Gasteiger partial charge in [-0.2, -0.15) is 5.26 Å². The van der Waals surface area contributed by atoms with Gasteiger partial charge in [-0.15, -0.1) is 23.1 Å². The van der Waals surface area contributed by atoms with Crippen LogP contribution in [-0.2, 0) is 4.79 Å². The molecule has 23 heavy (non-hydrogen) atoms. The summed E-state index contributed by atoms with van der Waals surface area (Å²) in [5.74, 6) is 0.441. The number of anilines is 1. The van der Waals surface area contributed by atoms with E-state index in [1.165, 1.54) is 28.5 Å². The number of fused-ring (bicyclic) bond motifs is 1. The Labute approximate surface area is 142 Å². The number of hydrogen-bond donors (Lipinski definition) is 1. The van der Waals surface area contributed by atoms with Gasteiger partial charge in [0.1, 0.15) is 0 Å². The molecule has 4 nitrogen and oxygen atoms in total. The third-order valence-electron chi connectivity index (χ3n) is 3.20. The van der Waals surface area contributed by atoms with E-state index in [1.807, 2.05) is 29.6 Å². The predicted molar refractivity (Wildman–Crippen MR) is 96.6 cm³/mol. The Balaban J connectivity index is 1.73. The Morgan fingerprint density at radius 2 is 2.09 bits per heavy atom. The maximum atomic E-state index is 11.7. The van der Waals surface area contributed by atoms with E-state index in [-0.39, 0.29) is 11.7 Å². The number of carbonyl (C=O) groups excluding carboxylic acids is 1. The first-order valence-electron chi connectivity index (χ1n) is 6.95. The topological polar surface area (TPSA) is 65.8 Å². The van der Waals surface area contributed by atoms with Gasteiger partial charge in [-0.1, -0.05) is 36.4 Å². The van der Waals surface area contributed by atoms with Crippen molar-refractivity contribution in [1.82, 2.24) is 4.98 Å². The van der Waals surface area contributed by atoms with E-state index in [9.17, 15) is 4.79 Å². The number of benzene rings is 2. The molecule has 0 aliphatic rings. The molecular formula is C17H13N3OS2. The minimum absolute atomic E-state index is 0.135. The van der Waals surface area contributed by atoms with Gasteiger partial charge in [-0.25, -0.2) is 4.98 Å². The second-order valence-electron chi connectivity index (χ2n) is 4.80. The summed E-state index contributed by atoms with van der Waals surface area (Å²) in [5, 5.41) is 16.1. The molecule has 0 radical (unpaired) electrons. The van der Waals surface area contributed by atoms with E-state index in [0.29, 0.717) is 10.9 Å². The van der Waals surface area contributed by atoms with E-state index < -0.39 is 0 Å². The first kappa shape index (κ1) is 15.5. The summed E-state index contributed by atoms with van der Waals surface area (Å²) in [6, 6.07) is 16.4. The Hall–Kier alpha value is -2.36. The first-order valence-corrected chi connectivity index (χ1v) is 8.99. The van der Waals surface area contributed by atoms with E-state index in [2.05, 4.69) is 34.6 Å². The molecule has 0 spiro atoms. The lowest BCUT2D eigenvalue weighted by Gasteiger charge is -2.01. The van der Waals surface area contributed by atoms with Crippen LogP contribution in [0.3, 0.4) is 0 Å². The second-order valence-corrected chi connectivity index (χ2v) is 6.64. The average Bonchev–Trinajstić information content (AvgIpc) is 3.03. The van der Waals surface area contributed by atoms with E-state index in [0.717, 1.165) is 16.6 Å². The molecule has 0 atom stereocenters. The molecule has 0 fully saturated rings. The van der Waals surface area contributed by atoms with Crippen molar-refractivity contribution in [2.75, 3.05) is 16.8 Å². The number of amides is 1. The van der Waals surface area contributed by atoms with Crippen LogP contribution >= 0.6 is 23.1 Å². The smallest absolute Gasteiger partial charge is 0.236 e. The van der Waals surface area contributed by atoms with Crippen LogP contribution < -0.4 is 5.32 Å². The van der Waals surface area contributed by atoms with Gasteiger partial charge >= 0.3 is 0 Å². The number of nitriles is 1. The van der Waals surface area contributed by atoms with Gasteiger partial charge < -0.3 is 5.32 Å². The van der Waals surface area contributed by atoms with Gasteiger partial charge in [0, 0.05) is 10.9 Å². The molecule has 1 heterocycles. The maximum Gasteiger partial charge on any atom is 0.236 e. The summed E-state index contributed by atoms with van der Waals surface area (Å²) in [7, 11) is 0. The molecule has 2 aromatic carbocycles. The normalized spacial score (nSPS) is 10.4. The van der Waals surface area contributed by atoms with Crippen LogP contribution in [0.25, 0.3) is 22.0 Å². The van der Waals surface area contributed by atoms with Crippen LogP contribution in [-0.4, -0.2) is 22.4 Å². The Morgan fingerprint density at radius 1 is 1.26 bits per heavy atom. The largest absolute Gasteiger partial charge is 0.301 e. The number of thioether (sulfide) groups is 1. The lowest BCUT2D eigenvalue weighted by atomic mass is 10.1. The van der Waals surface area contributed by atoms with Gasteiger partial charge in [-0.3, -0.25) is 4.79 Å². The minimum atomic E-state index is -0.135. The lowest BCUT2D eigenvalue weighted by Crippen LogP contribution is -2.14. The fourth-order valence-corrected chi connectivity index (χ4v) is 3.34. The van der Waals surface area contributed by atoms with Gasteiger partial charge in [0.05, 0.1) is 23.3 Å². The summed E-state index contributed by atoms with van der Waals surface area (Å²) in [6.07, 6.45) is 0. The SMILES string of the molecule is N#CCSCC(=O)Nc1nc(-c2ccc3ccccc3c2)cs1. The number of carbonyl (C=O) groups is 1. The average molecular weight is 339 g/mol. The van der Waals surface area contributed by atoms with E-state index in [1.54, 1.807) is 0 Å². The lowest BCUT2D eigenvalue weighted by molar-refractivity contribution is -0.113. The number of aromatic nitrogens is 1. The van der Waals surface area contributed by atoms with Crippen molar-refractivity contribution in [3.05, 3.63) is 47.8 Å². The minimum Gasteiger partial charge on any atom is -0.301 e. The molecular weight excluding hydrogens is 326 g/mol. The monoisotopic (exact) mass is 339 g/mol. The number of thiazole rings is 1. The van der Waals surface area contributed by atoms with Crippen molar-refractivity contribution in [2.45, 2.75) is 0 Å². The highest BCUT2D eigenvalue weighted by Crippen LogP contribution is 2.27. The number of nitrogens with zero attached hydrogens (tertiary/aromatic N) is 2. The Morgan fingerprint density at radius 3 is 2.91 bits per heavy atom. The number of hydrogen-bond acceptors (Lipinski definition) is 5. The zero-order valence-corrected chi connectivity index (χ0v) is 13.8. The van der Waals surface area contributed by atoms with Crippen LogP contribution in [0.4, 0.5) is 5.13 Å². The van der Waals surface area contributed by atoms with Crippen LogP contribution in [0.5, 0.6) is 0 Å². The highest BCUT2D eigenvalue weighted by Gasteiger charge is 2.08. The van der Waals surface area contributed by atoms with Gasteiger partial charge in [0.15, 0.2) is 5.13 Å². The van der Waals surface area contributed by atoms with Crippen LogP contribution in [0.2, 0.25) is 0 Å². The van der Waals surface area contributed by atoms with Crippen molar-refractivity contribution >= 4 is 44.9 Å². The molecule has 6 heteroatoms. The Bertz CT molecular complexity index is 883. The molecule has 0 saturated heterocycles. The van der Waals surface area contributed by atoms with Crippen molar-refractivity contribution in [1.29, 1.82) is 5.26 Å². The fraction of sp³-hybridized carbons (Fsp3) is 0.118. The van der Waals surface area contributed by atoms with E-state index >= 15 is 0 Å². The molecule has 1 aromatic heterocycles. The van der Waals surface area contributed by atoms with Gasteiger partial charge in [0.2, 0.25) is 5.91 Å². The highest BCUT2D eigenvalue weighted by molar-refractivity contribution is 8.00. The standard InChI is InChI=1S/C17H13N3OS2/c18-7-8-22-11-16(21)20-17-19-15(10-23-17)14-6-5-12-3-1-2-4-13(12)9-14/h1-6,9-10H,8,11H2,(H,19,20,21). The molecule has 3 rings (SSSR count). The molecule has 3 aromatic rings. The zero-order chi connectivity index (χ0) is 16.1. The maximum absolute atomic E-state index is 11.7. The molecule has 0 bridgehead atoms. The summed E-state index contributed by atoms with van der Waals surface area (Å²) in [4.78, 5) is 16.2. The number of nitrogens with one attached hydrogen (secondary N) is 1. The number of rotatable bonds is 5. The van der Waals surface area contributed by atoms with Crippen molar-refractivity contribution in [2.24, 2.45) is 0 Å². The molecule has 114 valence electrons. The quantitative estimate of drug-likeness (QED) is 0.709. The van der Waals surface area contributed by atoms with Crippen molar-refractivity contribution in [3.8, 4) is 17.3 Å². The molecule has 0 aliphatic heterocycles. The van der Waals surface area contributed by atoms with E-state index in [4.69, 9.17) is 5.26 Å². The highest BCUT2D eigenvalue weighted by atomic mass is 32.2. The van der Waals surface area contributed by atoms with Gasteiger partial charge in [-0.05, 0) is 16.8 Å². The first-order chi connectivity index (χ1) is 11.3. The van der Waals surface area contributed by atoms with Crippen molar-refractivity contribution in [3.63, 3.8) is 0 Å². The zero-order valence-electron chi connectivity index (χ0n) is 12.2. The van der Waals surface area contributed by atoms with Crippen LogP contribution in [0, 0.1) is 11.3 Å². The third kappa shape index (κ3) is 3.89. The molecule has 1 N–H and O–H groups in total. The van der Waals surface area contributed by atoms with Gasteiger partial charge in [0.25, 0.3) is 0 Å². The second kappa shape index (κ2) is 7.27. The van der Waals surface area contributed by atoms with Crippen LogP contribution in [0.15, 0.2) is 47.8 Å². The summed E-state index contributed by atoms with van der Waals surface area (Å²) < 4.78 is 0. The van der Waals surface area contributed by atoms with Crippen LogP contribution in [0.1, 0.15) is 0 Å².